The van der Waals surface area contributed by atoms with E-state index in [1.165, 1.54) is 38.6 Å². The Kier molecular flexibility index (Phi) is 1.07. The Morgan fingerprint density at radius 1 is 1.27 bits per heavy atom. The maximum Gasteiger partial charge on any atom is 0.0126 e. The molecule has 0 bridgehead atoms. The summed E-state index contributed by atoms with van der Waals surface area (Å²) < 4.78 is 0. The van der Waals surface area contributed by atoms with Crippen molar-refractivity contribution < 1.29 is 0 Å². The topological polar surface area (TPSA) is 3.24 Å². The molecule has 62 valence electrons. The normalized spacial score (nSPS) is 41.7. The molecule has 2 aliphatic carbocycles. The van der Waals surface area contributed by atoms with Crippen molar-refractivity contribution in [2.24, 2.45) is 11.3 Å². The Balaban J connectivity index is 1.75. The maximum atomic E-state index is 2.63. The summed E-state index contributed by atoms with van der Waals surface area (Å²) in [5.74, 6) is 1.10. The van der Waals surface area contributed by atoms with Crippen LogP contribution in [0, 0.1) is 11.3 Å². The molecule has 1 spiro atoms. The molecule has 1 aliphatic heterocycles. The highest BCUT2D eigenvalue weighted by Gasteiger charge is 2.53. The fourth-order valence-electron chi connectivity index (χ4n) is 2.86. The SMILES string of the molecule is CN1CC2(CC2)CC1C1CC1. The van der Waals surface area contributed by atoms with E-state index >= 15 is 0 Å². The van der Waals surface area contributed by atoms with Crippen LogP contribution >= 0.6 is 0 Å². The van der Waals surface area contributed by atoms with Crippen molar-refractivity contribution in [1.82, 2.24) is 4.90 Å². The van der Waals surface area contributed by atoms with E-state index in [2.05, 4.69) is 11.9 Å². The Bertz CT molecular complexity index is 179. The predicted molar refractivity (Wildman–Crippen MR) is 45.4 cm³/mol. The fourth-order valence-corrected chi connectivity index (χ4v) is 2.86. The van der Waals surface area contributed by atoms with Crippen molar-refractivity contribution in [2.75, 3.05) is 13.6 Å². The zero-order valence-corrected chi connectivity index (χ0v) is 7.34. The molecule has 1 heterocycles. The molecule has 3 rings (SSSR count). The second kappa shape index (κ2) is 1.82. The predicted octanol–water partition coefficient (Wildman–Crippen LogP) is 1.88. The molecule has 3 aliphatic rings. The number of nitrogens with zero attached hydrogens (tertiary/aromatic N) is 1. The number of likely N-dealkylation sites (tertiary alicyclic amines) is 1. The van der Waals surface area contributed by atoms with Crippen LogP contribution in [0.1, 0.15) is 32.1 Å². The molecule has 0 aromatic heterocycles. The quantitative estimate of drug-likeness (QED) is 0.553. The van der Waals surface area contributed by atoms with E-state index in [9.17, 15) is 0 Å². The van der Waals surface area contributed by atoms with Crippen molar-refractivity contribution in [3.8, 4) is 0 Å². The molecule has 0 N–H and O–H groups in total. The summed E-state index contributed by atoms with van der Waals surface area (Å²) in [6.07, 6.45) is 7.63. The highest BCUT2D eigenvalue weighted by Crippen LogP contribution is 2.57. The first-order chi connectivity index (χ1) is 5.29. The second-order valence-electron chi connectivity index (χ2n) is 5.02. The van der Waals surface area contributed by atoms with Crippen LogP contribution in [0.3, 0.4) is 0 Å². The summed E-state index contributed by atoms with van der Waals surface area (Å²) in [6.45, 7) is 1.41. The molecule has 1 nitrogen and oxygen atoms in total. The smallest absolute Gasteiger partial charge is 0.0126 e. The average Bonchev–Trinajstić information content (AvgIpc) is 2.77. The van der Waals surface area contributed by atoms with Gasteiger partial charge < -0.3 is 4.90 Å². The molecular formula is C10H17N. The van der Waals surface area contributed by atoms with E-state index < -0.39 is 0 Å². The zero-order chi connectivity index (χ0) is 7.47. The van der Waals surface area contributed by atoms with Crippen molar-refractivity contribution in [1.29, 1.82) is 0 Å². The first-order valence-corrected chi connectivity index (χ1v) is 4.99. The van der Waals surface area contributed by atoms with Gasteiger partial charge in [-0.2, -0.15) is 0 Å². The van der Waals surface area contributed by atoms with Crippen LogP contribution in [0.5, 0.6) is 0 Å². The molecular weight excluding hydrogens is 134 g/mol. The summed E-state index contributed by atoms with van der Waals surface area (Å²) in [5, 5.41) is 0. The maximum absolute atomic E-state index is 2.63. The third-order valence-electron chi connectivity index (χ3n) is 3.92. The van der Waals surface area contributed by atoms with E-state index in [4.69, 9.17) is 0 Å². The van der Waals surface area contributed by atoms with Crippen molar-refractivity contribution in [3.63, 3.8) is 0 Å². The monoisotopic (exact) mass is 151 g/mol. The Morgan fingerprint density at radius 2 is 2.00 bits per heavy atom. The molecule has 0 radical (unpaired) electrons. The first-order valence-electron chi connectivity index (χ1n) is 4.99. The second-order valence-corrected chi connectivity index (χ2v) is 5.02. The molecule has 0 amide bonds. The van der Waals surface area contributed by atoms with Gasteiger partial charge in [-0.1, -0.05) is 0 Å². The lowest BCUT2D eigenvalue weighted by Crippen LogP contribution is -2.26. The van der Waals surface area contributed by atoms with Gasteiger partial charge in [-0.25, -0.2) is 0 Å². The first kappa shape index (κ1) is 6.47. The minimum Gasteiger partial charge on any atom is -0.303 e. The number of hydrogen-bond acceptors (Lipinski definition) is 1. The lowest BCUT2D eigenvalue weighted by Gasteiger charge is -2.17. The highest BCUT2D eigenvalue weighted by molar-refractivity contribution is 5.06. The summed E-state index contributed by atoms with van der Waals surface area (Å²) in [4.78, 5) is 2.63. The third kappa shape index (κ3) is 0.936. The Morgan fingerprint density at radius 3 is 2.45 bits per heavy atom. The van der Waals surface area contributed by atoms with E-state index in [1.54, 1.807) is 0 Å². The standard InChI is InChI=1S/C10H17N/c1-11-7-10(4-5-10)6-9(11)8-2-3-8/h8-9H,2-7H2,1H3. The number of hydrogen-bond donors (Lipinski definition) is 0. The van der Waals surface area contributed by atoms with Crippen LogP contribution in [-0.2, 0) is 0 Å². The van der Waals surface area contributed by atoms with Crippen molar-refractivity contribution >= 4 is 0 Å². The Labute approximate surface area is 68.8 Å². The minimum absolute atomic E-state index is 0.835. The molecule has 0 aromatic rings. The van der Waals surface area contributed by atoms with Gasteiger partial charge in [0.05, 0.1) is 0 Å². The molecule has 0 aromatic carbocycles. The molecule has 1 unspecified atom stereocenters. The van der Waals surface area contributed by atoms with Crippen LogP contribution in [0.15, 0.2) is 0 Å². The molecule has 1 saturated heterocycles. The summed E-state index contributed by atoms with van der Waals surface area (Å²) in [6, 6.07) is 0.984. The van der Waals surface area contributed by atoms with Crippen LogP contribution in [-0.4, -0.2) is 24.5 Å². The fraction of sp³-hybridized carbons (Fsp3) is 1.00. The lowest BCUT2D eigenvalue weighted by atomic mass is 10.0. The molecule has 11 heavy (non-hydrogen) atoms. The van der Waals surface area contributed by atoms with Gasteiger partial charge >= 0.3 is 0 Å². The van der Waals surface area contributed by atoms with Gasteiger partial charge in [0.25, 0.3) is 0 Å². The van der Waals surface area contributed by atoms with Gasteiger partial charge in [-0.3, -0.25) is 0 Å². The largest absolute Gasteiger partial charge is 0.303 e. The van der Waals surface area contributed by atoms with E-state index in [1.807, 2.05) is 0 Å². The van der Waals surface area contributed by atoms with Gasteiger partial charge in [0.2, 0.25) is 0 Å². The lowest BCUT2D eigenvalue weighted by molar-refractivity contribution is 0.281. The minimum atomic E-state index is 0.835. The van der Waals surface area contributed by atoms with E-state index in [0.717, 1.165) is 17.4 Å². The third-order valence-corrected chi connectivity index (χ3v) is 3.92. The highest BCUT2D eigenvalue weighted by atomic mass is 15.2. The van der Waals surface area contributed by atoms with Crippen LogP contribution in [0.25, 0.3) is 0 Å². The molecule has 2 saturated carbocycles. The summed E-state index contributed by atoms with van der Waals surface area (Å²) in [7, 11) is 2.33. The number of rotatable bonds is 1. The van der Waals surface area contributed by atoms with Gasteiger partial charge in [-0.05, 0) is 50.5 Å². The van der Waals surface area contributed by atoms with Crippen molar-refractivity contribution in [3.05, 3.63) is 0 Å². The van der Waals surface area contributed by atoms with Gasteiger partial charge in [0, 0.05) is 12.6 Å². The van der Waals surface area contributed by atoms with Crippen LogP contribution in [0.4, 0.5) is 0 Å². The summed E-state index contributed by atoms with van der Waals surface area (Å²) >= 11 is 0. The van der Waals surface area contributed by atoms with Crippen molar-refractivity contribution in [2.45, 2.75) is 38.1 Å². The van der Waals surface area contributed by atoms with E-state index in [0.29, 0.717) is 0 Å². The van der Waals surface area contributed by atoms with E-state index in [-0.39, 0.29) is 0 Å². The average molecular weight is 151 g/mol. The van der Waals surface area contributed by atoms with Gasteiger partial charge in [0.15, 0.2) is 0 Å². The van der Waals surface area contributed by atoms with Gasteiger partial charge in [-0.15, -0.1) is 0 Å². The van der Waals surface area contributed by atoms with Gasteiger partial charge in [0.1, 0.15) is 0 Å². The molecule has 3 fully saturated rings. The summed E-state index contributed by atoms with van der Waals surface area (Å²) in [5.41, 5.74) is 0.835. The Hall–Kier alpha value is -0.0400. The molecule has 1 heteroatoms. The zero-order valence-electron chi connectivity index (χ0n) is 7.34. The van der Waals surface area contributed by atoms with Crippen LogP contribution in [0.2, 0.25) is 0 Å². The molecule has 1 atom stereocenters. The van der Waals surface area contributed by atoms with Crippen LogP contribution < -0.4 is 0 Å².